The van der Waals surface area contributed by atoms with Gasteiger partial charge in [0.15, 0.2) is 0 Å². The molecule has 0 radical (unpaired) electrons. The van der Waals surface area contributed by atoms with E-state index in [1.807, 2.05) is 31.2 Å². The topological polar surface area (TPSA) is 106 Å². The molecule has 0 spiro atoms. The fourth-order valence-corrected chi connectivity index (χ4v) is 4.14. The first-order valence-electron chi connectivity index (χ1n) is 10.4. The average Bonchev–Trinajstić information content (AvgIpc) is 2.82. The van der Waals surface area contributed by atoms with Gasteiger partial charge in [-0.15, -0.1) is 11.8 Å². The van der Waals surface area contributed by atoms with Gasteiger partial charge in [0.1, 0.15) is 17.9 Å². The van der Waals surface area contributed by atoms with Crippen LogP contribution in [0.15, 0.2) is 86.9 Å². The van der Waals surface area contributed by atoms with Crippen LogP contribution in [0, 0.1) is 6.92 Å². The SMILES string of the molecule is Cc1ccc(NC(=O)CSc2ccccc2C(=O)OCc2cc(=O)oc3cc(O)ccc23)cc1. The minimum Gasteiger partial charge on any atom is -0.508 e. The Morgan fingerprint density at radius 1 is 1.03 bits per heavy atom. The largest absolute Gasteiger partial charge is 0.508 e. The Morgan fingerprint density at radius 2 is 1.79 bits per heavy atom. The number of anilines is 1. The third-order valence-electron chi connectivity index (χ3n) is 4.97. The van der Waals surface area contributed by atoms with E-state index in [1.54, 1.807) is 30.3 Å². The highest BCUT2D eigenvalue weighted by Gasteiger charge is 2.16. The van der Waals surface area contributed by atoms with Gasteiger partial charge in [0.25, 0.3) is 0 Å². The molecule has 0 aliphatic carbocycles. The summed E-state index contributed by atoms with van der Waals surface area (Å²) in [5, 5.41) is 13.0. The summed E-state index contributed by atoms with van der Waals surface area (Å²) in [6.45, 7) is 1.82. The van der Waals surface area contributed by atoms with Gasteiger partial charge in [-0.25, -0.2) is 9.59 Å². The average molecular weight is 476 g/mol. The van der Waals surface area contributed by atoms with Gasteiger partial charge in [0.05, 0.1) is 11.3 Å². The summed E-state index contributed by atoms with van der Waals surface area (Å²) in [4.78, 5) is 37.6. The molecule has 8 heteroatoms. The molecule has 1 amide bonds. The number of amides is 1. The molecular weight excluding hydrogens is 454 g/mol. The van der Waals surface area contributed by atoms with Gasteiger partial charge < -0.3 is 19.6 Å². The number of rotatable bonds is 7. The van der Waals surface area contributed by atoms with Gasteiger partial charge in [-0.1, -0.05) is 29.8 Å². The Balaban J connectivity index is 1.43. The van der Waals surface area contributed by atoms with Crippen molar-refractivity contribution in [3.05, 3.63) is 99.9 Å². The van der Waals surface area contributed by atoms with Gasteiger partial charge in [0, 0.05) is 33.7 Å². The van der Waals surface area contributed by atoms with Crippen molar-refractivity contribution in [2.24, 2.45) is 0 Å². The lowest BCUT2D eigenvalue weighted by atomic mass is 10.1. The van der Waals surface area contributed by atoms with Crippen LogP contribution in [0.4, 0.5) is 5.69 Å². The number of fused-ring (bicyclic) bond motifs is 1. The number of carbonyl (C=O) groups excluding carboxylic acids is 2. The number of ether oxygens (including phenoxy) is 1. The predicted octanol–water partition coefficient (Wildman–Crippen LogP) is 4.89. The highest BCUT2D eigenvalue weighted by atomic mass is 32.2. The van der Waals surface area contributed by atoms with Crippen molar-refractivity contribution in [2.75, 3.05) is 11.1 Å². The van der Waals surface area contributed by atoms with E-state index in [-0.39, 0.29) is 29.6 Å². The van der Waals surface area contributed by atoms with Crippen LogP contribution in [0.5, 0.6) is 5.75 Å². The van der Waals surface area contributed by atoms with Gasteiger partial charge in [-0.2, -0.15) is 0 Å². The molecule has 0 saturated carbocycles. The van der Waals surface area contributed by atoms with Crippen molar-refractivity contribution < 1.29 is 23.8 Å². The Labute approximate surface area is 199 Å². The van der Waals surface area contributed by atoms with Crippen molar-refractivity contribution >= 4 is 40.3 Å². The smallest absolute Gasteiger partial charge is 0.339 e. The molecule has 0 saturated heterocycles. The standard InChI is InChI=1S/C26H21NO6S/c1-16-6-8-18(9-7-16)27-24(29)15-34-23-5-3-2-4-21(23)26(31)32-14-17-12-25(30)33-22-13-19(28)10-11-20(17)22/h2-13,28H,14-15H2,1H3,(H,27,29). The van der Waals surface area contributed by atoms with Gasteiger partial charge in [-0.3, -0.25) is 4.79 Å². The Bertz CT molecular complexity index is 1410. The molecule has 34 heavy (non-hydrogen) atoms. The molecule has 0 atom stereocenters. The summed E-state index contributed by atoms with van der Waals surface area (Å²) in [5.74, 6) is -0.696. The lowest BCUT2D eigenvalue weighted by molar-refractivity contribution is -0.113. The Morgan fingerprint density at radius 3 is 2.59 bits per heavy atom. The molecule has 1 heterocycles. The van der Waals surface area contributed by atoms with Crippen LogP contribution >= 0.6 is 11.8 Å². The van der Waals surface area contributed by atoms with Crippen LogP contribution in [0.25, 0.3) is 11.0 Å². The van der Waals surface area contributed by atoms with E-state index < -0.39 is 11.6 Å². The molecule has 1 aromatic heterocycles. The zero-order valence-corrected chi connectivity index (χ0v) is 19.1. The molecule has 2 N–H and O–H groups in total. The predicted molar refractivity (Wildman–Crippen MR) is 130 cm³/mol. The highest BCUT2D eigenvalue weighted by molar-refractivity contribution is 8.00. The van der Waals surface area contributed by atoms with Crippen molar-refractivity contribution in [3.63, 3.8) is 0 Å². The molecule has 0 aliphatic rings. The molecule has 0 bridgehead atoms. The Hall–Kier alpha value is -4.04. The number of phenolic OH excluding ortho intramolecular Hbond substituents is 1. The zero-order chi connectivity index (χ0) is 24.1. The quantitative estimate of drug-likeness (QED) is 0.223. The summed E-state index contributed by atoms with van der Waals surface area (Å²) in [6.07, 6.45) is 0. The van der Waals surface area contributed by atoms with Crippen LogP contribution in [-0.4, -0.2) is 22.7 Å². The second kappa shape index (κ2) is 10.3. The third kappa shape index (κ3) is 5.65. The van der Waals surface area contributed by atoms with Crippen molar-refractivity contribution in [3.8, 4) is 5.75 Å². The summed E-state index contributed by atoms with van der Waals surface area (Å²) in [5.41, 5.74) is 2.18. The van der Waals surface area contributed by atoms with E-state index in [0.717, 1.165) is 5.56 Å². The zero-order valence-electron chi connectivity index (χ0n) is 18.2. The van der Waals surface area contributed by atoms with E-state index in [4.69, 9.17) is 9.15 Å². The number of thioether (sulfide) groups is 1. The maximum absolute atomic E-state index is 12.8. The number of aryl methyl sites for hydroxylation is 1. The van der Waals surface area contributed by atoms with Crippen molar-refractivity contribution in [2.45, 2.75) is 18.4 Å². The first-order valence-corrected chi connectivity index (χ1v) is 11.4. The first kappa shape index (κ1) is 23.1. The third-order valence-corrected chi connectivity index (χ3v) is 6.05. The molecule has 0 fully saturated rings. The first-order chi connectivity index (χ1) is 16.4. The van der Waals surface area contributed by atoms with Crippen molar-refractivity contribution in [1.82, 2.24) is 0 Å². The molecule has 7 nitrogen and oxygen atoms in total. The number of aromatic hydroxyl groups is 1. The number of carbonyl (C=O) groups is 2. The van der Waals surface area contributed by atoms with Crippen LogP contribution in [0.3, 0.4) is 0 Å². The molecule has 3 aromatic carbocycles. The molecule has 0 aliphatic heterocycles. The van der Waals surface area contributed by atoms with E-state index in [9.17, 15) is 19.5 Å². The summed E-state index contributed by atoms with van der Waals surface area (Å²) >= 11 is 1.23. The fourth-order valence-electron chi connectivity index (χ4n) is 3.30. The monoisotopic (exact) mass is 475 g/mol. The van der Waals surface area contributed by atoms with Gasteiger partial charge in [0.2, 0.25) is 5.91 Å². The van der Waals surface area contributed by atoms with E-state index in [2.05, 4.69) is 5.32 Å². The van der Waals surface area contributed by atoms with Crippen LogP contribution in [0.1, 0.15) is 21.5 Å². The Kier molecular flexibility index (Phi) is 6.98. The maximum Gasteiger partial charge on any atom is 0.339 e. The summed E-state index contributed by atoms with van der Waals surface area (Å²) in [7, 11) is 0. The lowest BCUT2D eigenvalue weighted by Gasteiger charge is -2.11. The second-order valence-corrected chi connectivity index (χ2v) is 8.56. The lowest BCUT2D eigenvalue weighted by Crippen LogP contribution is -2.14. The number of hydrogen-bond donors (Lipinski definition) is 2. The van der Waals surface area contributed by atoms with Gasteiger partial charge in [-0.05, 0) is 43.3 Å². The van der Waals surface area contributed by atoms with Crippen molar-refractivity contribution in [1.29, 1.82) is 0 Å². The summed E-state index contributed by atoms with van der Waals surface area (Å²) < 4.78 is 10.6. The minimum absolute atomic E-state index is 0.0397. The number of benzene rings is 3. The van der Waals surface area contributed by atoms with Crippen LogP contribution in [0.2, 0.25) is 0 Å². The van der Waals surface area contributed by atoms with E-state index in [1.165, 1.54) is 30.0 Å². The van der Waals surface area contributed by atoms with E-state index >= 15 is 0 Å². The number of esters is 1. The minimum atomic E-state index is -0.611. The molecule has 172 valence electrons. The molecule has 4 rings (SSSR count). The van der Waals surface area contributed by atoms with Gasteiger partial charge >= 0.3 is 11.6 Å². The summed E-state index contributed by atoms with van der Waals surface area (Å²) in [6, 6.07) is 20.0. The number of hydrogen-bond acceptors (Lipinski definition) is 7. The normalized spacial score (nSPS) is 10.7. The van der Waals surface area contributed by atoms with Crippen LogP contribution in [-0.2, 0) is 16.1 Å². The maximum atomic E-state index is 12.8. The number of phenols is 1. The molecule has 0 unspecified atom stereocenters. The van der Waals surface area contributed by atoms with E-state index in [0.29, 0.717) is 27.1 Å². The molecule has 4 aromatic rings. The second-order valence-electron chi connectivity index (χ2n) is 7.55. The highest BCUT2D eigenvalue weighted by Crippen LogP contribution is 2.26. The van der Waals surface area contributed by atoms with Crippen LogP contribution < -0.4 is 10.9 Å². The molecular formula is C26H21NO6S. The number of nitrogens with one attached hydrogen (secondary N) is 1. The fraction of sp³-hybridized carbons (Fsp3) is 0.115.